The number of ether oxygens (including phenoxy) is 1. The normalized spacial score (nSPS) is 12.6. The molecule has 0 amide bonds. The number of carbonyl (C=O) groups excluding carboxylic acids is 2. The first-order valence-electron chi connectivity index (χ1n) is 9.68. The van der Waals surface area contributed by atoms with Gasteiger partial charge in [0.2, 0.25) is 15.8 Å². The SMILES string of the molecule is CCc1ccc(C(=O)[C@@H](C)OC(=O)c2cccc(S(=O)(=O)N(CC)CC)c2)cc1. The number of hydrogen-bond donors (Lipinski definition) is 0. The highest BCUT2D eigenvalue weighted by molar-refractivity contribution is 7.89. The molecule has 0 aliphatic heterocycles. The maximum Gasteiger partial charge on any atom is 0.338 e. The molecule has 0 fully saturated rings. The Morgan fingerprint density at radius 2 is 1.59 bits per heavy atom. The maximum absolute atomic E-state index is 12.7. The highest BCUT2D eigenvalue weighted by Gasteiger charge is 2.24. The second kappa shape index (κ2) is 9.80. The topological polar surface area (TPSA) is 80.8 Å². The number of ketones is 1. The van der Waals surface area contributed by atoms with Gasteiger partial charge < -0.3 is 4.74 Å². The molecule has 0 bridgehead atoms. The number of sulfonamides is 1. The standard InChI is InChI=1S/C22H27NO5S/c1-5-17-11-13-18(14-12-17)21(24)16(4)28-22(25)19-9-8-10-20(15-19)29(26,27)23(6-2)7-3/h8-16H,5-7H2,1-4H3/t16-/m1/s1. The Kier molecular flexibility index (Phi) is 7.70. The molecule has 29 heavy (non-hydrogen) atoms. The van der Waals surface area contributed by atoms with Crippen LogP contribution in [-0.2, 0) is 21.2 Å². The highest BCUT2D eigenvalue weighted by Crippen LogP contribution is 2.18. The van der Waals surface area contributed by atoms with Gasteiger partial charge in [0.25, 0.3) is 0 Å². The fraction of sp³-hybridized carbons (Fsp3) is 0.364. The molecule has 0 radical (unpaired) electrons. The van der Waals surface area contributed by atoms with E-state index in [4.69, 9.17) is 4.74 Å². The number of esters is 1. The molecule has 0 aromatic heterocycles. The van der Waals surface area contributed by atoms with E-state index in [2.05, 4.69) is 0 Å². The van der Waals surface area contributed by atoms with Gasteiger partial charge in [-0.3, -0.25) is 4.79 Å². The van der Waals surface area contributed by atoms with Crippen molar-refractivity contribution in [3.05, 3.63) is 65.2 Å². The van der Waals surface area contributed by atoms with Crippen molar-refractivity contribution in [2.75, 3.05) is 13.1 Å². The lowest BCUT2D eigenvalue weighted by Crippen LogP contribution is -2.30. The molecule has 7 heteroatoms. The summed E-state index contributed by atoms with van der Waals surface area (Å²) in [6.45, 7) is 7.69. The van der Waals surface area contributed by atoms with Gasteiger partial charge in [-0.05, 0) is 37.1 Å². The van der Waals surface area contributed by atoms with Gasteiger partial charge in [-0.15, -0.1) is 0 Å². The van der Waals surface area contributed by atoms with E-state index in [0.717, 1.165) is 12.0 Å². The van der Waals surface area contributed by atoms with Crippen molar-refractivity contribution in [2.24, 2.45) is 0 Å². The zero-order valence-corrected chi connectivity index (χ0v) is 18.0. The summed E-state index contributed by atoms with van der Waals surface area (Å²) in [6, 6.07) is 12.8. The van der Waals surface area contributed by atoms with Crippen molar-refractivity contribution >= 4 is 21.8 Å². The number of aryl methyl sites for hydroxylation is 1. The molecule has 6 nitrogen and oxygen atoms in total. The van der Waals surface area contributed by atoms with E-state index in [1.807, 2.05) is 19.1 Å². The van der Waals surface area contributed by atoms with Crippen LogP contribution in [0.3, 0.4) is 0 Å². The molecular formula is C22H27NO5S. The molecule has 0 heterocycles. The summed E-state index contributed by atoms with van der Waals surface area (Å²) >= 11 is 0. The summed E-state index contributed by atoms with van der Waals surface area (Å²) < 4.78 is 31.9. The summed E-state index contributed by atoms with van der Waals surface area (Å²) in [5.74, 6) is -1.06. The Balaban J connectivity index is 2.17. The molecule has 0 saturated heterocycles. The predicted octanol–water partition coefficient (Wildman–Crippen LogP) is 3.71. The summed E-state index contributed by atoms with van der Waals surface area (Å²) in [7, 11) is -3.69. The fourth-order valence-corrected chi connectivity index (χ4v) is 4.42. The first-order chi connectivity index (χ1) is 13.7. The number of rotatable bonds is 9. The molecule has 2 aromatic carbocycles. The van der Waals surface area contributed by atoms with Gasteiger partial charge in [0, 0.05) is 18.7 Å². The van der Waals surface area contributed by atoms with Crippen molar-refractivity contribution in [2.45, 2.75) is 45.1 Å². The smallest absolute Gasteiger partial charge is 0.338 e. The number of carbonyl (C=O) groups is 2. The molecule has 0 unspecified atom stereocenters. The lowest BCUT2D eigenvalue weighted by Gasteiger charge is -2.19. The molecule has 2 aromatic rings. The molecule has 0 aliphatic carbocycles. The second-order valence-electron chi connectivity index (χ2n) is 6.58. The summed E-state index contributed by atoms with van der Waals surface area (Å²) in [6.07, 6.45) is -0.121. The van der Waals surface area contributed by atoms with Crippen LogP contribution in [0, 0.1) is 0 Å². The van der Waals surface area contributed by atoms with Gasteiger partial charge in [0.05, 0.1) is 10.5 Å². The van der Waals surface area contributed by atoms with Crippen LogP contribution in [0.4, 0.5) is 0 Å². The summed E-state index contributed by atoms with van der Waals surface area (Å²) in [5.41, 5.74) is 1.65. The molecule has 1 atom stereocenters. The minimum Gasteiger partial charge on any atom is -0.451 e. The van der Waals surface area contributed by atoms with Crippen LogP contribution in [0.2, 0.25) is 0 Å². The van der Waals surface area contributed by atoms with E-state index in [1.165, 1.54) is 35.5 Å². The van der Waals surface area contributed by atoms with E-state index < -0.39 is 22.1 Å². The molecule has 0 saturated carbocycles. The Bertz CT molecular complexity index is 963. The van der Waals surface area contributed by atoms with Gasteiger partial charge >= 0.3 is 5.97 Å². The average Bonchev–Trinajstić information content (AvgIpc) is 2.74. The molecule has 2 rings (SSSR count). The number of benzene rings is 2. The second-order valence-corrected chi connectivity index (χ2v) is 8.52. The maximum atomic E-state index is 12.7. The van der Waals surface area contributed by atoms with Gasteiger partial charge in [-0.1, -0.05) is 51.1 Å². The van der Waals surface area contributed by atoms with Crippen LogP contribution in [0.15, 0.2) is 53.4 Å². The first kappa shape index (κ1) is 22.8. The molecule has 0 N–H and O–H groups in total. The van der Waals surface area contributed by atoms with E-state index in [0.29, 0.717) is 18.7 Å². The highest BCUT2D eigenvalue weighted by atomic mass is 32.2. The average molecular weight is 418 g/mol. The van der Waals surface area contributed by atoms with Gasteiger partial charge in [-0.2, -0.15) is 4.31 Å². The van der Waals surface area contributed by atoms with Crippen molar-refractivity contribution in [3.63, 3.8) is 0 Å². The quantitative estimate of drug-likeness (QED) is 0.459. The lowest BCUT2D eigenvalue weighted by atomic mass is 10.0. The van der Waals surface area contributed by atoms with Gasteiger partial charge in [0.15, 0.2) is 6.10 Å². The lowest BCUT2D eigenvalue weighted by molar-refractivity contribution is 0.0318. The van der Waals surface area contributed by atoms with E-state index in [-0.39, 0.29) is 16.2 Å². The van der Waals surface area contributed by atoms with E-state index in [1.54, 1.807) is 26.0 Å². The molecule has 156 valence electrons. The van der Waals surface area contributed by atoms with Crippen molar-refractivity contribution in [1.29, 1.82) is 0 Å². The van der Waals surface area contributed by atoms with Crippen LogP contribution in [0.1, 0.15) is 54.0 Å². The van der Waals surface area contributed by atoms with Crippen molar-refractivity contribution in [3.8, 4) is 0 Å². The van der Waals surface area contributed by atoms with E-state index >= 15 is 0 Å². The predicted molar refractivity (Wildman–Crippen MR) is 112 cm³/mol. The Morgan fingerprint density at radius 1 is 0.966 bits per heavy atom. The van der Waals surface area contributed by atoms with Gasteiger partial charge in [0.1, 0.15) is 0 Å². The number of Topliss-reactive ketones (excluding diaryl/α,β-unsaturated/α-hetero) is 1. The third kappa shape index (κ3) is 5.31. The van der Waals surface area contributed by atoms with Crippen LogP contribution >= 0.6 is 0 Å². The molecule has 0 spiro atoms. The van der Waals surface area contributed by atoms with Crippen LogP contribution in [-0.4, -0.2) is 43.7 Å². The Labute approximate surface area is 172 Å². The third-order valence-electron chi connectivity index (χ3n) is 4.71. The Hall–Kier alpha value is -2.51. The summed E-state index contributed by atoms with van der Waals surface area (Å²) in [5, 5.41) is 0. The monoisotopic (exact) mass is 417 g/mol. The Morgan fingerprint density at radius 3 is 2.14 bits per heavy atom. The molecular weight excluding hydrogens is 390 g/mol. The van der Waals surface area contributed by atoms with Crippen LogP contribution in [0.25, 0.3) is 0 Å². The largest absolute Gasteiger partial charge is 0.451 e. The first-order valence-corrected chi connectivity index (χ1v) is 11.1. The minimum atomic E-state index is -3.69. The van der Waals surface area contributed by atoms with Gasteiger partial charge in [-0.25, -0.2) is 13.2 Å². The zero-order chi connectivity index (χ0) is 21.6. The molecule has 0 aliphatic rings. The van der Waals surface area contributed by atoms with Crippen molar-refractivity contribution in [1.82, 2.24) is 4.31 Å². The number of nitrogens with zero attached hydrogens (tertiary/aromatic N) is 1. The third-order valence-corrected chi connectivity index (χ3v) is 6.76. The zero-order valence-electron chi connectivity index (χ0n) is 17.2. The van der Waals surface area contributed by atoms with E-state index in [9.17, 15) is 18.0 Å². The van der Waals surface area contributed by atoms with Crippen molar-refractivity contribution < 1.29 is 22.7 Å². The minimum absolute atomic E-state index is 0.0183. The number of hydrogen-bond acceptors (Lipinski definition) is 5. The fourth-order valence-electron chi connectivity index (χ4n) is 2.92. The van der Waals surface area contributed by atoms with Crippen LogP contribution < -0.4 is 0 Å². The summed E-state index contributed by atoms with van der Waals surface area (Å²) in [4.78, 5) is 25.0. The van der Waals surface area contributed by atoms with Crippen LogP contribution in [0.5, 0.6) is 0 Å².